The predicted octanol–water partition coefficient (Wildman–Crippen LogP) is 2.83. The quantitative estimate of drug-likeness (QED) is 0.384. The molecular weight excluding hydrogens is 360 g/mol. The molecule has 0 atom stereocenters. The highest BCUT2D eigenvalue weighted by Gasteiger charge is 2.29. The summed E-state index contributed by atoms with van der Waals surface area (Å²) in [7, 11) is -1.58. The minimum atomic E-state index is -3.36. The minimum Gasteiger partial charge on any atom is -0.356 e. The molecule has 1 aromatic carbocycles. The van der Waals surface area contributed by atoms with Crippen LogP contribution in [0.5, 0.6) is 0 Å². The van der Waals surface area contributed by atoms with Crippen LogP contribution < -0.4 is 10.6 Å². The number of rotatable bonds is 9. The number of hydrogen-bond acceptors (Lipinski definition) is 3. The predicted molar refractivity (Wildman–Crippen MR) is 111 cm³/mol. The standard InChI is InChI=1S/C20H34N4O2S/c1-3-4-5-9-14-22-20(21-2)23-17-18-12-15-24(16-13-18)27(25,26)19-10-7-6-8-11-19/h6-8,10-11,18H,3-5,9,12-17H2,1-2H3,(H2,21,22,23). The SMILES string of the molecule is CCCCCCNC(=NC)NCC1CCN(S(=O)(=O)c2ccccc2)CC1. The lowest BCUT2D eigenvalue weighted by Crippen LogP contribution is -2.44. The molecule has 1 aromatic rings. The zero-order valence-corrected chi connectivity index (χ0v) is 17.5. The van der Waals surface area contributed by atoms with Gasteiger partial charge in [0.15, 0.2) is 5.96 Å². The topological polar surface area (TPSA) is 73.8 Å². The van der Waals surface area contributed by atoms with Crippen molar-refractivity contribution in [1.29, 1.82) is 0 Å². The van der Waals surface area contributed by atoms with Crippen molar-refractivity contribution in [2.75, 3.05) is 33.2 Å². The fourth-order valence-corrected chi connectivity index (χ4v) is 4.81. The molecule has 7 heteroatoms. The lowest BCUT2D eigenvalue weighted by atomic mass is 9.98. The molecule has 2 rings (SSSR count). The Labute approximate surface area is 164 Å². The Morgan fingerprint density at radius 2 is 1.81 bits per heavy atom. The highest BCUT2D eigenvalue weighted by molar-refractivity contribution is 7.89. The van der Waals surface area contributed by atoms with Crippen molar-refractivity contribution in [2.24, 2.45) is 10.9 Å². The summed E-state index contributed by atoms with van der Waals surface area (Å²) in [5.41, 5.74) is 0. The molecule has 1 fully saturated rings. The smallest absolute Gasteiger partial charge is 0.243 e. The maximum Gasteiger partial charge on any atom is 0.243 e. The molecule has 27 heavy (non-hydrogen) atoms. The van der Waals surface area contributed by atoms with Crippen LogP contribution in [0.15, 0.2) is 40.2 Å². The van der Waals surface area contributed by atoms with E-state index in [0.717, 1.165) is 38.3 Å². The van der Waals surface area contributed by atoms with E-state index in [1.54, 1.807) is 35.6 Å². The summed E-state index contributed by atoms with van der Waals surface area (Å²) >= 11 is 0. The molecule has 1 saturated heterocycles. The molecule has 0 radical (unpaired) electrons. The average molecular weight is 395 g/mol. The van der Waals surface area contributed by atoms with Crippen molar-refractivity contribution in [1.82, 2.24) is 14.9 Å². The molecule has 1 aliphatic rings. The number of nitrogens with zero attached hydrogens (tertiary/aromatic N) is 2. The van der Waals surface area contributed by atoms with E-state index in [1.165, 1.54) is 19.3 Å². The van der Waals surface area contributed by atoms with Gasteiger partial charge in [0.1, 0.15) is 0 Å². The van der Waals surface area contributed by atoms with Gasteiger partial charge in [-0.25, -0.2) is 8.42 Å². The lowest BCUT2D eigenvalue weighted by Gasteiger charge is -2.31. The van der Waals surface area contributed by atoms with Crippen LogP contribution in [0.2, 0.25) is 0 Å². The van der Waals surface area contributed by atoms with E-state index in [2.05, 4.69) is 22.5 Å². The Morgan fingerprint density at radius 1 is 1.11 bits per heavy atom. The van der Waals surface area contributed by atoms with Gasteiger partial charge in [-0.05, 0) is 37.3 Å². The summed E-state index contributed by atoms with van der Waals surface area (Å²) in [4.78, 5) is 4.66. The number of guanidine groups is 1. The van der Waals surface area contributed by atoms with Gasteiger partial charge in [-0.1, -0.05) is 44.4 Å². The van der Waals surface area contributed by atoms with E-state index in [9.17, 15) is 8.42 Å². The van der Waals surface area contributed by atoms with E-state index in [1.807, 2.05) is 6.07 Å². The first-order valence-corrected chi connectivity index (χ1v) is 11.5. The Kier molecular flexibility index (Phi) is 9.07. The molecular formula is C20H34N4O2S. The van der Waals surface area contributed by atoms with Crippen LogP contribution >= 0.6 is 0 Å². The molecule has 0 saturated carbocycles. The number of benzene rings is 1. The third-order valence-electron chi connectivity index (χ3n) is 5.06. The molecule has 0 unspecified atom stereocenters. The molecule has 152 valence electrons. The van der Waals surface area contributed by atoms with Gasteiger partial charge in [-0.3, -0.25) is 4.99 Å². The second-order valence-electron chi connectivity index (χ2n) is 7.10. The zero-order chi connectivity index (χ0) is 19.5. The summed E-state index contributed by atoms with van der Waals surface area (Å²) < 4.78 is 27.0. The number of piperidine rings is 1. The van der Waals surface area contributed by atoms with Crippen LogP contribution in [0.25, 0.3) is 0 Å². The van der Waals surface area contributed by atoms with Crippen molar-refractivity contribution >= 4 is 16.0 Å². The normalized spacial score (nSPS) is 17.0. The first-order chi connectivity index (χ1) is 13.1. The summed E-state index contributed by atoms with van der Waals surface area (Å²) in [6.07, 6.45) is 6.65. The van der Waals surface area contributed by atoms with Crippen molar-refractivity contribution in [2.45, 2.75) is 50.3 Å². The number of sulfonamides is 1. The van der Waals surface area contributed by atoms with Crippen molar-refractivity contribution in [3.05, 3.63) is 30.3 Å². The summed E-state index contributed by atoms with van der Waals surface area (Å²) in [5.74, 6) is 1.30. The fraction of sp³-hybridized carbons (Fsp3) is 0.650. The maximum atomic E-state index is 12.7. The van der Waals surface area contributed by atoms with Crippen LogP contribution in [-0.4, -0.2) is 51.9 Å². The largest absolute Gasteiger partial charge is 0.356 e. The van der Waals surface area contributed by atoms with Crippen LogP contribution in [-0.2, 0) is 10.0 Å². The van der Waals surface area contributed by atoms with Gasteiger partial charge in [0, 0.05) is 33.2 Å². The number of nitrogens with one attached hydrogen (secondary N) is 2. The summed E-state index contributed by atoms with van der Waals surface area (Å²) in [5, 5.41) is 6.74. The molecule has 0 spiro atoms. The molecule has 0 amide bonds. The Bertz CT molecular complexity index is 668. The van der Waals surface area contributed by atoms with E-state index < -0.39 is 10.0 Å². The fourth-order valence-electron chi connectivity index (χ4n) is 3.32. The highest BCUT2D eigenvalue weighted by atomic mass is 32.2. The molecule has 6 nitrogen and oxygen atoms in total. The Hall–Kier alpha value is -1.60. The van der Waals surface area contributed by atoms with E-state index >= 15 is 0 Å². The summed E-state index contributed by atoms with van der Waals surface area (Å²) in [6, 6.07) is 8.70. The molecule has 1 aliphatic heterocycles. The van der Waals surface area contributed by atoms with E-state index in [-0.39, 0.29) is 0 Å². The van der Waals surface area contributed by atoms with E-state index in [4.69, 9.17) is 0 Å². The van der Waals surface area contributed by atoms with Gasteiger partial charge in [-0.2, -0.15) is 4.31 Å². The molecule has 0 aromatic heterocycles. The second-order valence-corrected chi connectivity index (χ2v) is 9.04. The third kappa shape index (κ3) is 6.81. The highest BCUT2D eigenvalue weighted by Crippen LogP contribution is 2.23. The molecule has 0 aliphatic carbocycles. The monoisotopic (exact) mass is 394 g/mol. The van der Waals surface area contributed by atoms with Gasteiger partial charge in [0.05, 0.1) is 4.90 Å². The maximum absolute atomic E-state index is 12.7. The lowest BCUT2D eigenvalue weighted by molar-refractivity contribution is 0.273. The van der Waals surface area contributed by atoms with Crippen molar-refractivity contribution < 1.29 is 8.42 Å². The zero-order valence-electron chi connectivity index (χ0n) is 16.7. The van der Waals surface area contributed by atoms with Crippen molar-refractivity contribution in [3.63, 3.8) is 0 Å². The number of unbranched alkanes of at least 4 members (excludes halogenated alkanes) is 3. The van der Waals surface area contributed by atoms with Crippen LogP contribution in [0.1, 0.15) is 45.4 Å². The second kappa shape index (κ2) is 11.3. The van der Waals surface area contributed by atoms with Crippen LogP contribution in [0.4, 0.5) is 0 Å². The minimum absolute atomic E-state index is 0.384. The Balaban J connectivity index is 1.72. The van der Waals surface area contributed by atoms with Crippen molar-refractivity contribution in [3.8, 4) is 0 Å². The van der Waals surface area contributed by atoms with Gasteiger partial charge in [0.2, 0.25) is 10.0 Å². The van der Waals surface area contributed by atoms with Gasteiger partial charge < -0.3 is 10.6 Å². The molecule has 2 N–H and O–H groups in total. The van der Waals surface area contributed by atoms with E-state index in [0.29, 0.717) is 23.9 Å². The van der Waals surface area contributed by atoms with Crippen LogP contribution in [0, 0.1) is 5.92 Å². The summed E-state index contributed by atoms with van der Waals surface area (Å²) in [6.45, 7) is 5.13. The van der Waals surface area contributed by atoms with Gasteiger partial charge in [-0.15, -0.1) is 0 Å². The van der Waals surface area contributed by atoms with Crippen LogP contribution in [0.3, 0.4) is 0 Å². The third-order valence-corrected chi connectivity index (χ3v) is 6.97. The van der Waals surface area contributed by atoms with Gasteiger partial charge >= 0.3 is 0 Å². The average Bonchev–Trinajstić information content (AvgIpc) is 2.71. The van der Waals surface area contributed by atoms with Gasteiger partial charge in [0.25, 0.3) is 0 Å². The first kappa shape index (κ1) is 21.7. The number of hydrogen-bond donors (Lipinski definition) is 2. The Morgan fingerprint density at radius 3 is 2.44 bits per heavy atom. The molecule has 1 heterocycles. The molecule has 0 bridgehead atoms. The number of aliphatic imine (C=N–C) groups is 1. The first-order valence-electron chi connectivity index (χ1n) is 10.1.